The lowest BCUT2D eigenvalue weighted by Gasteiger charge is -2.26. The number of hydrogen-bond acceptors (Lipinski definition) is 7. The second kappa shape index (κ2) is 14.5. The number of fused-ring (bicyclic) bond motifs is 2. The number of nitrogens with two attached hydrogens (primary N) is 1. The van der Waals surface area contributed by atoms with Crippen LogP contribution < -0.4 is 21.7 Å². The Morgan fingerprint density at radius 3 is 1.78 bits per heavy atom. The molecular formula is C31H36N6O8. The van der Waals surface area contributed by atoms with E-state index in [0.717, 1.165) is 21.8 Å². The van der Waals surface area contributed by atoms with Crippen LogP contribution in [0.3, 0.4) is 0 Å². The summed E-state index contributed by atoms with van der Waals surface area (Å²) in [6, 6.07) is 9.08. The summed E-state index contributed by atoms with van der Waals surface area (Å²) in [6.07, 6.45) is 1.23. The smallest absolute Gasteiger partial charge is 0.326 e. The van der Waals surface area contributed by atoms with Crippen LogP contribution in [0.25, 0.3) is 21.8 Å². The van der Waals surface area contributed by atoms with Crippen molar-refractivity contribution < 1.29 is 39.3 Å². The van der Waals surface area contributed by atoms with Crippen LogP contribution in [0.4, 0.5) is 0 Å². The Bertz CT molecular complexity index is 1700. The van der Waals surface area contributed by atoms with Crippen LogP contribution in [-0.4, -0.2) is 85.2 Å². The highest BCUT2D eigenvalue weighted by atomic mass is 16.4. The molecule has 2 aromatic heterocycles. The first-order chi connectivity index (χ1) is 21.4. The first kappa shape index (κ1) is 32.7. The lowest BCUT2D eigenvalue weighted by Crippen LogP contribution is -2.60. The van der Waals surface area contributed by atoms with Gasteiger partial charge >= 0.3 is 11.9 Å². The maximum atomic E-state index is 13.6. The summed E-state index contributed by atoms with van der Waals surface area (Å²) in [4.78, 5) is 69.0. The summed E-state index contributed by atoms with van der Waals surface area (Å²) in [6.45, 7) is 1.26. The van der Waals surface area contributed by atoms with Gasteiger partial charge in [-0.2, -0.15) is 0 Å². The summed E-state index contributed by atoms with van der Waals surface area (Å²) in [5.74, 6) is -5.02. The molecule has 4 rings (SSSR count). The number of amides is 3. The third kappa shape index (κ3) is 8.25. The van der Waals surface area contributed by atoms with Crippen LogP contribution in [-0.2, 0) is 36.8 Å². The molecule has 2 aromatic carbocycles. The van der Waals surface area contributed by atoms with Gasteiger partial charge in [-0.1, -0.05) is 36.4 Å². The van der Waals surface area contributed by atoms with Crippen molar-refractivity contribution in [3.05, 3.63) is 72.1 Å². The molecular weight excluding hydrogens is 584 g/mol. The van der Waals surface area contributed by atoms with Gasteiger partial charge < -0.3 is 47.0 Å². The Morgan fingerprint density at radius 1 is 0.756 bits per heavy atom. The average molecular weight is 621 g/mol. The Morgan fingerprint density at radius 2 is 1.27 bits per heavy atom. The number of aliphatic carboxylic acids is 2. The Kier molecular flexibility index (Phi) is 10.5. The zero-order valence-corrected chi connectivity index (χ0v) is 24.4. The van der Waals surface area contributed by atoms with E-state index in [9.17, 15) is 34.2 Å². The quantitative estimate of drug-likeness (QED) is 0.0900. The number of nitrogens with one attached hydrogen (secondary N) is 5. The largest absolute Gasteiger partial charge is 0.481 e. The highest BCUT2D eigenvalue weighted by molar-refractivity contribution is 5.95. The lowest BCUT2D eigenvalue weighted by molar-refractivity contribution is -0.143. The van der Waals surface area contributed by atoms with E-state index in [1.165, 1.54) is 6.92 Å². The van der Waals surface area contributed by atoms with E-state index in [1.54, 1.807) is 24.5 Å². The number of rotatable bonds is 15. The maximum absolute atomic E-state index is 13.6. The van der Waals surface area contributed by atoms with Crippen LogP contribution in [0.5, 0.6) is 0 Å². The number of hydrogen-bond donors (Lipinski definition) is 9. The molecule has 4 aromatic rings. The zero-order valence-electron chi connectivity index (χ0n) is 24.4. The van der Waals surface area contributed by atoms with Crippen LogP contribution in [0, 0.1) is 0 Å². The zero-order chi connectivity index (χ0) is 32.7. The second-order valence-electron chi connectivity index (χ2n) is 10.9. The summed E-state index contributed by atoms with van der Waals surface area (Å²) >= 11 is 0. The number of aromatic nitrogens is 2. The van der Waals surface area contributed by atoms with Crippen molar-refractivity contribution in [2.45, 2.75) is 62.9 Å². The number of carbonyl (C=O) groups excluding carboxylic acids is 3. The SMILES string of the molecule is CC(O)C(NC(=O)C(Cc1c[nH]c2ccccc12)NC(=O)C(N)CCC(=O)O)C(=O)NC(Cc1c[nH]c2ccccc12)C(=O)O. The molecule has 10 N–H and O–H groups in total. The molecule has 3 amide bonds. The molecule has 14 nitrogen and oxygen atoms in total. The van der Waals surface area contributed by atoms with Gasteiger partial charge in [-0.3, -0.25) is 19.2 Å². The van der Waals surface area contributed by atoms with Gasteiger partial charge in [0.05, 0.1) is 12.1 Å². The minimum atomic E-state index is -1.58. The van der Waals surface area contributed by atoms with Gasteiger partial charge in [0.1, 0.15) is 18.1 Å². The molecule has 0 aliphatic carbocycles. The fourth-order valence-corrected chi connectivity index (χ4v) is 5.06. The van der Waals surface area contributed by atoms with Crippen molar-refractivity contribution in [1.29, 1.82) is 0 Å². The minimum absolute atomic E-state index is 0.0420. The number of H-pyrrole nitrogens is 2. The number of aliphatic hydroxyl groups is 1. The number of aliphatic hydroxyl groups excluding tert-OH is 1. The highest BCUT2D eigenvalue weighted by Crippen LogP contribution is 2.21. The second-order valence-corrected chi connectivity index (χ2v) is 10.9. The van der Waals surface area contributed by atoms with Crippen LogP contribution in [0.2, 0.25) is 0 Å². The summed E-state index contributed by atoms with van der Waals surface area (Å²) < 4.78 is 0. The van der Waals surface area contributed by atoms with E-state index in [4.69, 9.17) is 10.8 Å². The van der Waals surface area contributed by atoms with E-state index in [1.807, 2.05) is 36.4 Å². The van der Waals surface area contributed by atoms with Crippen LogP contribution >= 0.6 is 0 Å². The van der Waals surface area contributed by atoms with E-state index in [-0.39, 0.29) is 25.7 Å². The molecule has 238 valence electrons. The van der Waals surface area contributed by atoms with Crippen molar-refractivity contribution in [2.75, 3.05) is 0 Å². The van der Waals surface area contributed by atoms with E-state index >= 15 is 0 Å². The van der Waals surface area contributed by atoms with Gasteiger partial charge in [0.15, 0.2) is 0 Å². The Labute approximate surface area is 257 Å². The fraction of sp³-hybridized carbons (Fsp3) is 0.323. The molecule has 45 heavy (non-hydrogen) atoms. The van der Waals surface area contributed by atoms with Gasteiger partial charge in [-0.15, -0.1) is 0 Å². The first-order valence-electron chi connectivity index (χ1n) is 14.3. The Balaban J connectivity index is 1.52. The lowest BCUT2D eigenvalue weighted by atomic mass is 10.0. The standard InChI is InChI=1S/C31H36N6O8/c1-16(38)27(30(43)36-25(31(44)45)13-18-15-34-23-9-5-3-7-20(18)23)37-29(42)24(35-28(41)21(32)10-11-26(39)40)12-17-14-33-22-8-4-2-6-19(17)22/h2-9,14-16,21,24-25,27,33-34,38H,10-13,32H2,1H3,(H,35,41)(H,36,43)(H,37,42)(H,39,40)(H,44,45). The van der Waals surface area contributed by atoms with Crippen molar-refractivity contribution in [3.8, 4) is 0 Å². The van der Waals surface area contributed by atoms with Gasteiger partial charge in [0, 0.05) is 53.5 Å². The average Bonchev–Trinajstić information content (AvgIpc) is 3.61. The third-order valence-electron chi connectivity index (χ3n) is 7.51. The molecule has 0 bridgehead atoms. The molecule has 14 heteroatoms. The minimum Gasteiger partial charge on any atom is -0.481 e. The molecule has 0 fully saturated rings. The highest BCUT2D eigenvalue weighted by Gasteiger charge is 2.33. The number of aromatic amines is 2. The predicted octanol–water partition coefficient (Wildman–Crippen LogP) is 0.546. The van der Waals surface area contributed by atoms with Crippen molar-refractivity contribution in [2.24, 2.45) is 5.73 Å². The molecule has 0 aliphatic heterocycles. The van der Waals surface area contributed by atoms with Gasteiger partial charge in [0.2, 0.25) is 17.7 Å². The number of carboxylic acids is 2. The molecule has 0 aliphatic rings. The first-order valence-corrected chi connectivity index (χ1v) is 14.3. The van der Waals surface area contributed by atoms with Gasteiger partial charge in [0.25, 0.3) is 0 Å². The molecule has 0 saturated carbocycles. The normalized spacial score (nSPS) is 14.6. The van der Waals surface area contributed by atoms with Crippen LogP contribution in [0.15, 0.2) is 60.9 Å². The fourth-order valence-electron chi connectivity index (χ4n) is 5.06. The number of carboxylic acid groups (broad SMARTS) is 2. The van der Waals surface area contributed by atoms with E-state index in [0.29, 0.717) is 11.1 Å². The predicted molar refractivity (Wildman–Crippen MR) is 164 cm³/mol. The van der Waals surface area contributed by atoms with Gasteiger partial charge in [-0.25, -0.2) is 4.79 Å². The monoisotopic (exact) mass is 620 g/mol. The maximum Gasteiger partial charge on any atom is 0.326 e. The van der Waals surface area contributed by atoms with Crippen LogP contribution in [0.1, 0.15) is 30.9 Å². The van der Waals surface area contributed by atoms with Crippen molar-refractivity contribution in [3.63, 3.8) is 0 Å². The topological polar surface area (TPSA) is 240 Å². The van der Waals surface area contributed by atoms with Crippen molar-refractivity contribution in [1.82, 2.24) is 25.9 Å². The molecule has 0 spiro atoms. The summed E-state index contributed by atoms with van der Waals surface area (Å²) in [5, 5.41) is 38.2. The van der Waals surface area contributed by atoms with E-state index in [2.05, 4.69) is 25.9 Å². The van der Waals surface area contributed by atoms with Crippen molar-refractivity contribution >= 4 is 51.5 Å². The number of benzene rings is 2. The van der Waals surface area contributed by atoms with Gasteiger partial charge in [-0.05, 0) is 36.6 Å². The summed E-state index contributed by atoms with van der Waals surface area (Å²) in [7, 11) is 0. The molecule has 5 atom stereocenters. The molecule has 5 unspecified atom stereocenters. The molecule has 0 radical (unpaired) electrons. The number of carbonyl (C=O) groups is 5. The summed E-state index contributed by atoms with van der Waals surface area (Å²) in [5.41, 5.74) is 8.76. The van der Waals surface area contributed by atoms with E-state index < -0.39 is 59.9 Å². The molecule has 0 saturated heterocycles. The number of para-hydroxylation sites is 2. The third-order valence-corrected chi connectivity index (χ3v) is 7.51. The Hall–Kier alpha value is -5.21. The molecule has 2 heterocycles.